The van der Waals surface area contributed by atoms with Crippen molar-refractivity contribution < 1.29 is 9.59 Å². The van der Waals surface area contributed by atoms with Crippen LogP contribution in [0.1, 0.15) is 24.2 Å². The third-order valence-electron chi connectivity index (χ3n) is 4.10. The van der Waals surface area contributed by atoms with Crippen molar-refractivity contribution in [2.45, 2.75) is 13.8 Å². The first kappa shape index (κ1) is 20.7. The number of nitrogens with one attached hydrogen (secondary N) is 3. The Balaban J connectivity index is 1.83. The Hall–Kier alpha value is -2.57. The second-order valence-corrected chi connectivity index (χ2v) is 6.39. The number of nitrogens with zero attached hydrogens (tertiary/aromatic N) is 1. The Morgan fingerprint density at radius 2 is 1.63 bits per heavy atom. The van der Waals surface area contributed by atoms with E-state index in [0.717, 1.165) is 19.6 Å². The van der Waals surface area contributed by atoms with Crippen LogP contribution in [0.4, 0.5) is 16.2 Å². The van der Waals surface area contributed by atoms with Gasteiger partial charge in [-0.1, -0.05) is 31.5 Å². The van der Waals surface area contributed by atoms with Crippen molar-refractivity contribution in [3.05, 3.63) is 59.1 Å². The molecule has 0 fully saturated rings. The van der Waals surface area contributed by atoms with Crippen LogP contribution in [0.3, 0.4) is 0 Å². The van der Waals surface area contributed by atoms with E-state index < -0.39 is 0 Å². The van der Waals surface area contributed by atoms with Crippen molar-refractivity contribution in [3.8, 4) is 0 Å². The molecular weight excluding hydrogens is 364 g/mol. The molecule has 144 valence electrons. The number of amides is 3. The lowest BCUT2D eigenvalue weighted by Gasteiger charge is -2.18. The summed E-state index contributed by atoms with van der Waals surface area (Å²) in [6, 6.07) is 13.3. The molecule has 6 nitrogen and oxygen atoms in total. The highest BCUT2D eigenvalue weighted by Crippen LogP contribution is 2.16. The topological polar surface area (TPSA) is 73.5 Å². The van der Waals surface area contributed by atoms with Crippen molar-refractivity contribution in [2.75, 3.05) is 36.8 Å². The normalized spacial score (nSPS) is 10.5. The van der Waals surface area contributed by atoms with Gasteiger partial charge in [0.25, 0.3) is 5.91 Å². The molecule has 0 bridgehead atoms. The van der Waals surface area contributed by atoms with Crippen LogP contribution in [0.5, 0.6) is 0 Å². The molecule has 0 heterocycles. The van der Waals surface area contributed by atoms with Gasteiger partial charge in [0.15, 0.2) is 0 Å². The number of hydrogen-bond donors (Lipinski definition) is 3. The molecule has 0 radical (unpaired) electrons. The molecule has 0 saturated carbocycles. The van der Waals surface area contributed by atoms with E-state index in [4.69, 9.17) is 11.6 Å². The molecule has 27 heavy (non-hydrogen) atoms. The molecule has 2 aromatic rings. The van der Waals surface area contributed by atoms with E-state index in [1.807, 2.05) is 0 Å². The standard InChI is InChI=1S/C20H25ClN4O2/c1-3-25(4-2)13-12-22-19(26)15-8-10-17(11-9-15)23-20(27)24-18-7-5-6-16(21)14-18/h5-11,14H,3-4,12-13H2,1-2H3,(H,22,26)(H2,23,24,27). The molecule has 2 rings (SSSR count). The fraction of sp³-hybridized carbons (Fsp3) is 0.300. The van der Waals surface area contributed by atoms with Crippen LogP contribution in [0.2, 0.25) is 5.02 Å². The van der Waals surface area contributed by atoms with Crippen molar-refractivity contribution in [3.63, 3.8) is 0 Å². The highest BCUT2D eigenvalue weighted by atomic mass is 35.5. The molecular formula is C20H25ClN4O2. The van der Waals surface area contributed by atoms with Crippen LogP contribution in [0, 0.1) is 0 Å². The number of halogens is 1. The molecule has 0 aliphatic carbocycles. The predicted octanol–water partition coefficient (Wildman–Crippen LogP) is 4.06. The average Bonchev–Trinajstić information content (AvgIpc) is 2.65. The summed E-state index contributed by atoms with van der Waals surface area (Å²) in [4.78, 5) is 26.4. The number of anilines is 2. The zero-order chi connectivity index (χ0) is 19.6. The minimum atomic E-state index is -0.381. The molecule has 3 amide bonds. The molecule has 0 atom stereocenters. The maximum absolute atomic E-state index is 12.2. The summed E-state index contributed by atoms with van der Waals surface area (Å²) in [7, 11) is 0. The highest BCUT2D eigenvalue weighted by molar-refractivity contribution is 6.30. The van der Waals surface area contributed by atoms with E-state index in [9.17, 15) is 9.59 Å². The Bertz CT molecular complexity index is 761. The van der Waals surface area contributed by atoms with Crippen LogP contribution in [-0.2, 0) is 0 Å². The third kappa shape index (κ3) is 6.92. The van der Waals surface area contributed by atoms with Crippen LogP contribution in [0.25, 0.3) is 0 Å². The number of carbonyl (C=O) groups excluding carboxylic acids is 2. The van der Waals surface area contributed by atoms with Gasteiger partial charge in [-0.3, -0.25) is 4.79 Å². The highest BCUT2D eigenvalue weighted by Gasteiger charge is 2.07. The van der Waals surface area contributed by atoms with E-state index in [-0.39, 0.29) is 11.9 Å². The van der Waals surface area contributed by atoms with Crippen molar-refractivity contribution >= 4 is 34.9 Å². The van der Waals surface area contributed by atoms with Gasteiger partial charge in [0, 0.05) is 35.1 Å². The largest absolute Gasteiger partial charge is 0.351 e. The molecule has 3 N–H and O–H groups in total. The number of urea groups is 1. The Morgan fingerprint density at radius 3 is 2.26 bits per heavy atom. The summed E-state index contributed by atoms with van der Waals surface area (Å²) in [6.07, 6.45) is 0. The minimum Gasteiger partial charge on any atom is -0.351 e. The SMILES string of the molecule is CCN(CC)CCNC(=O)c1ccc(NC(=O)Nc2cccc(Cl)c2)cc1. The minimum absolute atomic E-state index is 0.128. The maximum atomic E-state index is 12.2. The lowest BCUT2D eigenvalue weighted by Crippen LogP contribution is -2.34. The number of rotatable bonds is 8. The molecule has 0 aliphatic heterocycles. The summed E-state index contributed by atoms with van der Waals surface area (Å²) >= 11 is 5.89. The third-order valence-corrected chi connectivity index (χ3v) is 4.33. The molecule has 0 unspecified atom stereocenters. The summed E-state index contributed by atoms with van der Waals surface area (Å²) in [5, 5.41) is 8.87. The Labute approximate surface area is 164 Å². The number of carbonyl (C=O) groups is 2. The van der Waals surface area contributed by atoms with Gasteiger partial charge in [-0.15, -0.1) is 0 Å². The molecule has 0 spiro atoms. The monoisotopic (exact) mass is 388 g/mol. The molecule has 2 aromatic carbocycles. The smallest absolute Gasteiger partial charge is 0.323 e. The van der Waals surface area contributed by atoms with Crippen molar-refractivity contribution in [1.29, 1.82) is 0 Å². The van der Waals surface area contributed by atoms with E-state index in [1.54, 1.807) is 48.5 Å². The van der Waals surface area contributed by atoms with Gasteiger partial charge >= 0.3 is 6.03 Å². The summed E-state index contributed by atoms with van der Waals surface area (Å²) < 4.78 is 0. The first-order chi connectivity index (χ1) is 13.0. The quantitative estimate of drug-likeness (QED) is 0.638. The van der Waals surface area contributed by atoms with Gasteiger partial charge < -0.3 is 20.9 Å². The zero-order valence-electron chi connectivity index (χ0n) is 15.6. The maximum Gasteiger partial charge on any atom is 0.323 e. The Kier molecular flexibility index (Phi) is 8.10. The summed E-state index contributed by atoms with van der Waals surface area (Å²) in [6.45, 7) is 7.54. The van der Waals surface area contributed by atoms with Gasteiger partial charge in [0.05, 0.1) is 0 Å². The predicted molar refractivity (Wildman–Crippen MR) is 111 cm³/mol. The van der Waals surface area contributed by atoms with E-state index in [2.05, 4.69) is 34.7 Å². The van der Waals surface area contributed by atoms with E-state index in [1.165, 1.54) is 0 Å². The van der Waals surface area contributed by atoms with Crippen LogP contribution in [-0.4, -0.2) is 43.0 Å². The zero-order valence-corrected chi connectivity index (χ0v) is 16.3. The average molecular weight is 389 g/mol. The fourth-order valence-electron chi connectivity index (χ4n) is 2.53. The number of benzene rings is 2. The summed E-state index contributed by atoms with van der Waals surface area (Å²) in [5.41, 5.74) is 1.74. The van der Waals surface area contributed by atoms with E-state index >= 15 is 0 Å². The van der Waals surface area contributed by atoms with Crippen LogP contribution >= 0.6 is 11.6 Å². The molecule has 0 aromatic heterocycles. The second-order valence-electron chi connectivity index (χ2n) is 5.95. The van der Waals surface area contributed by atoms with Gasteiger partial charge in [-0.05, 0) is 55.6 Å². The number of hydrogen-bond acceptors (Lipinski definition) is 3. The lowest BCUT2D eigenvalue weighted by molar-refractivity contribution is 0.0949. The lowest BCUT2D eigenvalue weighted by atomic mass is 10.2. The fourth-order valence-corrected chi connectivity index (χ4v) is 2.72. The van der Waals surface area contributed by atoms with Crippen LogP contribution < -0.4 is 16.0 Å². The van der Waals surface area contributed by atoms with Crippen molar-refractivity contribution in [1.82, 2.24) is 10.2 Å². The summed E-state index contributed by atoms with van der Waals surface area (Å²) in [5.74, 6) is -0.128. The number of likely N-dealkylation sites (N-methyl/N-ethyl adjacent to an activating group) is 1. The van der Waals surface area contributed by atoms with Gasteiger partial charge in [-0.25, -0.2) is 4.79 Å². The van der Waals surface area contributed by atoms with Gasteiger partial charge in [0.1, 0.15) is 0 Å². The molecule has 0 saturated heterocycles. The van der Waals surface area contributed by atoms with Gasteiger partial charge in [-0.2, -0.15) is 0 Å². The van der Waals surface area contributed by atoms with E-state index in [0.29, 0.717) is 28.5 Å². The van der Waals surface area contributed by atoms with Crippen LogP contribution in [0.15, 0.2) is 48.5 Å². The molecule has 7 heteroatoms. The Morgan fingerprint density at radius 1 is 0.963 bits per heavy atom. The first-order valence-electron chi connectivity index (χ1n) is 8.96. The van der Waals surface area contributed by atoms with Crippen molar-refractivity contribution in [2.24, 2.45) is 0 Å². The first-order valence-corrected chi connectivity index (χ1v) is 9.33. The molecule has 0 aliphatic rings. The van der Waals surface area contributed by atoms with Gasteiger partial charge in [0.2, 0.25) is 0 Å². The second kappa shape index (κ2) is 10.5.